The minimum Gasteiger partial charge on any atom is -0.297 e. The van der Waals surface area contributed by atoms with Crippen molar-refractivity contribution in [1.29, 1.82) is 0 Å². The Morgan fingerprint density at radius 3 is 2.80 bits per heavy atom. The second kappa shape index (κ2) is 6.37. The standard InChI is InChI=1S/C14H15Cl2N3O/c1-3-11(13(20)9(2)15)12-8-19(18-14(12)16)10-5-4-6-17-7-10/h4-9,11H,3H2,1-2H3. The lowest BCUT2D eigenvalue weighted by Crippen LogP contribution is -2.19. The third kappa shape index (κ3) is 3.02. The Kier molecular flexibility index (Phi) is 4.78. The van der Waals surface area contributed by atoms with Gasteiger partial charge in [-0.05, 0) is 25.5 Å². The predicted octanol–water partition coefficient (Wildman–Crippen LogP) is 3.61. The summed E-state index contributed by atoms with van der Waals surface area (Å²) in [6.45, 7) is 3.60. The molecule has 0 saturated carbocycles. The number of aromatic nitrogens is 3. The Balaban J connectivity index is 2.38. The lowest BCUT2D eigenvalue weighted by atomic mass is 9.93. The molecule has 2 atom stereocenters. The summed E-state index contributed by atoms with van der Waals surface area (Å²) >= 11 is 12.1. The van der Waals surface area contributed by atoms with Gasteiger partial charge in [0.15, 0.2) is 10.9 Å². The Bertz CT molecular complexity index is 596. The largest absolute Gasteiger partial charge is 0.297 e. The zero-order valence-corrected chi connectivity index (χ0v) is 12.8. The average molecular weight is 312 g/mol. The van der Waals surface area contributed by atoms with Gasteiger partial charge >= 0.3 is 0 Å². The average Bonchev–Trinajstić information content (AvgIpc) is 2.83. The molecule has 2 aromatic rings. The van der Waals surface area contributed by atoms with Gasteiger partial charge in [-0.3, -0.25) is 9.78 Å². The van der Waals surface area contributed by atoms with E-state index in [1.165, 1.54) is 0 Å². The number of Topliss-reactive ketones (excluding diaryl/α,β-unsaturated/α-hetero) is 1. The molecular formula is C14H15Cl2N3O. The van der Waals surface area contributed by atoms with Crippen LogP contribution in [0.2, 0.25) is 5.15 Å². The molecule has 0 fully saturated rings. The van der Waals surface area contributed by atoms with Crippen LogP contribution in [-0.2, 0) is 4.79 Å². The molecule has 0 aliphatic rings. The van der Waals surface area contributed by atoms with E-state index in [-0.39, 0.29) is 11.7 Å². The summed E-state index contributed by atoms with van der Waals surface area (Å²) in [5.41, 5.74) is 1.50. The molecule has 0 amide bonds. The first-order valence-electron chi connectivity index (χ1n) is 6.37. The first kappa shape index (κ1) is 15.0. The van der Waals surface area contributed by atoms with Crippen molar-refractivity contribution in [1.82, 2.24) is 14.8 Å². The predicted molar refractivity (Wildman–Crippen MR) is 79.7 cm³/mol. The smallest absolute Gasteiger partial charge is 0.157 e. The quantitative estimate of drug-likeness (QED) is 0.792. The maximum Gasteiger partial charge on any atom is 0.157 e. The van der Waals surface area contributed by atoms with Crippen LogP contribution in [0.5, 0.6) is 0 Å². The molecule has 106 valence electrons. The lowest BCUT2D eigenvalue weighted by Gasteiger charge is -2.13. The van der Waals surface area contributed by atoms with Gasteiger partial charge in [-0.25, -0.2) is 4.68 Å². The number of alkyl halides is 1. The van der Waals surface area contributed by atoms with Gasteiger partial charge in [-0.2, -0.15) is 5.10 Å². The molecule has 0 radical (unpaired) electrons. The SMILES string of the molecule is CCC(C(=O)C(C)Cl)c1cn(-c2cccnc2)nc1Cl. The van der Waals surface area contributed by atoms with Gasteiger partial charge in [0.05, 0.1) is 17.3 Å². The van der Waals surface area contributed by atoms with Gasteiger partial charge < -0.3 is 0 Å². The first-order chi connectivity index (χ1) is 9.54. The van der Waals surface area contributed by atoms with E-state index in [0.717, 1.165) is 5.69 Å². The fourth-order valence-electron chi connectivity index (χ4n) is 2.07. The van der Waals surface area contributed by atoms with Crippen LogP contribution in [0.1, 0.15) is 31.7 Å². The van der Waals surface area contributed by atoms with Crippen LogP contribution in [0.4, 0.5) is 0 Å². The van der Waals surface area contributed by atoms with E-state index >= 15 is 0 Å². The number of carbonyl (C=O) groups is 1. The van der Waals surface area contributed by atoms with E-state index in [1.54, 1.807) is 30.2 Å². The van der Waals surface area contributed by atoms with Crippen LogP contribution in [-0.4, -0.2) is 25.9 Å². The van der Waals surface area contributed by atoms with Crippen molar-refractivity contribution in [2.75, 3.05) is 0 Å². The van der Waals surface area contributed by atoms with Crippen molar-refractivity contribution in [2.45, 2.75) is 31.6 Å². The summed E-state index contributed by atoms with van der Waals surface area (Å²) in [6.07, 6.45) is 5.77. The maximum absolute atomic E-state index is 12.1. The van der Waals surface area contributed by atoms with Crippen molar-refractivity contribution in [3.05, 3.63) is 41.4 Å². The van der Waals surface area contributed by atoms with Crippen molar-refractivity contribution in [3.8, 4) is 5.69 Å². The van der Waals surface area contributed by atoms with Crippen LogP contribution in [0.3, 0.4) is 0 Å². The second-order valence-corrected chi connectivity index (χ2v) is 5.52. The Morgan fingerprint density at radius 1 is 1.50 bits per heavy atom. The number of hydrogen-bond donors (Lipinski definition) is 0. The van der Waals surface area contributed by atoms with Crippen LogP contribution >= 0.6 is 23.2 Å². The second-order valence-electron chi connectivity index (χ2n) is 4.51. The summed E-state index contributed by atoms with van der Waals surface area (Å²) in [4.78, 5) is 16.2. The Hall–Kier alpha value is -1.39. The summed E-state index contributed by atoms with van der Waals surface area (Å²) < 4.78 is 1.62. The zero-order valence-electron chi connectivity index (χ0n) is 11.3. The highest BCUT2D eigenvalue weighted by molar-refractivity contribution is 6.33. The number of nitrogens with zero attached hydrogens (tertiary/aromatic N) is 3. The highest BCUT2D eigenvalue weighted by Gasteiger charge is 2.26. The van der Waals surface area contributed by atoms with Crippen molar-refractivity contribution in [2.24, 2.45) is 0 Å². The van der Waals surface area contributed by atoms with Crippen LogP contribution < -0.4 is 0 Å². The maximum atomic E-state index is 12.1. The molecule has 0 aromatic carbocycles. The van der Waals surface area contributed by atoms with Gasteiger partial charge in [-0.1, -0.05) is 18.5 Å². The summed E-state index contributed by atoms with van der Waals surface area (Å²) in [7, 11) is 0. The molecular weight excluding hydrogens is 297 g/mol. The van der Waals surface area contributed by atoms with Gasteiger partial charge in [0.1, 0.15) is 0 Å². The minimum absolute atomic E-state index is 0.0400. The molecule has 0 aliphatic carbocycles. The molecule has 2 rings (SSSR count). The molecule has 0 saturated heterocycles. The van der Waals surface area contributed by atoms with Crippen molar-refractivity contribution >= 4 is 29.0 Å². The van der Waals surface area contributed by atoms with Gasteiger partial charge in [-0.15, -0.1) is 11.6 Å². The third-order valence-electron chi connectivity index (χ3n) is 3.12. The number of carbonyl (C=O) groups excluding carboxylic acids is 1. The Labute approximate surface area is 127 Å². The van der Waals surface area contributed by atoms with Gasteiger partial charge in [0.25, 0.3) is 0 Å². The number of rotatable bonds is 5. The third-order valence-corrected chi connectivity index (χ3v) is 3.63. The highest BCUT2D eigenvalue weighted by atomic mass is 35.5. The van der Waals surface area contributed by atoms with Crippen LogP contribution in [0, 0.1) is 0 Å². The molecule has 6 heteroatoms. The molecule has 2 heterocycles. The zero-order chi connectivity index (χ0) is 14.7. The molecule has 0 N–H and O–H groups in total. The van der Waals surface area contributed by atoms with Crippen LogP contribution in [0.15, 0.2) is 30.7 Å². The van der Waals surface area contributed by atoms with Gasteiger partial charge in [0.2, 0.25) is 0 Å². The number of pyridine rings is 1. The molecule has 4 nitrogen and oxygen atoms in total. The number of ketones is 1. The van der Waals surface area contributed by atoms with Crippen molar-refractivity contribution < 1.29 is 4.79 Å². The fourth-order valence-corrected chi connectivity index (χ4v) is 2.49. The normalized spacial score (nSPS) is 14.0. The van der Waals surface area contributed by atoms with E-state index in [4.69, 9.17) is 23.2 Å². The monoisotopic (exact) mass is 311 g/mol. The van der Waals surface area contributed by atoms with E-state index in [2.05, 4.69) is 10.1 Å². The molecule has 2 unspecified atom stereocenters. The number of halogens is 2. The molecule has 20 heavy (non-hydrogen) atoms. The summed E-state index contributed by atoms with van der Waals surface area (Å²) in [5.74, 6) is -0.373. The van der Waals surface area contributed by atoms with E-state index < -0.39 is 5.38 Å². The summed E-state index contributed by atoms with van der Waals surface area (Å²) in [5, 5.41) is 4.02. The molecule has 0 aliphatic heterocycles. The van der Waals surface area contributed by atoms with Crippen LogP contribution in [0.25, 0.3) is 5.69 Å². The Morgan fingerprint density at radius 2 is 2.25 bits per heavy atom. The lowest BCUT2D eigenvalue weighted by molar-refractivity contribution is -0.119. The van der Waals surface area contributed by atoms with E-state index in [9.17, 15) is 4.79 Å². The topological polar surface area (TPSA) is 47.8 Å². The fraction of sp³-hybridized carbons (Fsp3) is 0.357. The highest BCUT2D eigenvalue weighted by Crippen LogP contribution is 2.29. The van der Waals surface area contributed by atoms with E-state index in [1.807, 2.05) is 19.1 Å². The number of hydrogen-bond acceptors (Lipinski definition) is 3. The first-order valence-corrected chi connectivity index (χ1v) is 7.19. The molecule has 0 bridgehead atoms. The molecule has 0 spiro atoms. The van der Waals surface area contributed by atoms with Crippen molar-refractivity contribution in [3.63, 3.8) is 0 Å². The van der Waals surface area contributed by atoms with E-state index in [0.29, 0.717) is 17.1 Å². The van der Waals surface area contributed by atoms with Gasteiger partial charge in [0, 0.05) is 23.9 Å². The molecule has 2 aromatic heterocycles. The summed E-state index contributed by atoms with van der Waals surface area (Å²) in [6, 6.07) is 3.68. The minimum atomic E-state index is -0.544.